The average molecular weight is 233 g/mol. The second kappa shape index (κ2) is 6.06. The fourth-order valence-corrected chi connectivity index (χ4v) is 1.78. The summed E-state index contributed by atoms with van der Waals surface area (Å²) in [5.41, 5.74) is 1.31. The van der Waals surface area contributed by atoms with Crippen molar-refractivity contribution in [3.63, 3.8) is 0 Å². The molecule has 0 amide bonds. The van der Waals surface area contributed by atoms with Crippen molar-refractivity contribution in [3.05, 3.63) is 29.8 Å². The molecule has 94 valence electrons. The number of hydrogen-bond donors (Lipinski definition) is 1. The lowest BCUT2D eigenvalue weighted by molar-refractivity contribution is 0.302. The molecule has 1 fully saturated rings. The van der Waals surface area contributed by atoms with Crippen LogP contribution in [0.2, 0.25) is 0 Å². The first-order chi connectivity index (χ1) is 8.24. The van der Waals surface area contributed by atoms with E-state index in [-0.39, 0.29) is 0 Å². The fraction of sp³-hybridized carbons (Fsp3) is 0.600. The first kappa shape index (κ1) is 12.4. The minimum atomic E-state index is 0.532. The van der Waals surface area contributed by atoms with Crippen LogP contribution < -0.4 is 10.1 Å². The molecule has 17 heavy (non-hydrogen) atoms. The van der Waals surface area contributed by atoms with Crippen LogP contribution in [0.5, 0.6) is 5.75 Å². The predicted octanol–water partition coefficient (Wildman–Crippen LogP) is 3.36. The van der Waals surface area contributed by atoms with Gasteiger partial charge in [-0.1, -0.05) is 38.8 Å². The molecule has 0 atom stereocenters. The maximum absolute atomic E-state index is 5.72. The molecule has 0 aromatic heterocycles. The Bertz CT molecular complexity index is 327. The van der Waals surface area contributed by atoms with Gasteiger partial charge < -0.3 is 10.1 Å². The average Bonchev–Trinajstić information content (AvgIpc) is 3.12. The van der Waals surface area contributed by atoms with Crippen molar-refractivity contribution in [3.8, 4) is 5.75 Å². The lowest BCUT2D eigenvalue weighted by atomic mass is 10.2. The quantitative estimate of drug-likeness (QED) is 0.779. The number of rotatable bonds is 7. The second-order valence-electron chi connectivity index (χ2n) is 5.26. The molecule has 1 saturated carbocycles. The Morgan fingerprint density at radius 1 is 1.24 bits per heavy atom. The van der Waals surface area contributed by atoms with E-state index in [9.17, 15) is 0 Å². The van der Waals surface area contributed by atoms with Crippen LogP contribution >= 0.6 is 0 Å². The molecule has 0 aliphatic heterocycles. The number of nitrogens with one attached hydrogen (secondary N) is 1. The molecular formula is C15H23NO. The third-order valence-corrected chi connectivity index (χ3v) is 3.13. The summed E-state index contributed by atoms with van der Waals surface area (Å²) >= 11 is 0. The van der Waals surface area contributed by atoms with Gasteiger partial charge in [0.05, 0.1) is 6.61 Å². The molecule has 1 aliphatic rings. The molecule has 1 aliphatic carbocycles. The summed E-state index contributed by atoms with van der Waals surface area (Å²) in [4.78, 5) is 0. The van der Waals surface area contributed by atoms with E-state index in [4.69, 9.17) is 4.74 Å². The van der Waals surface area contributed by atoms with Crippen LogP contribution in [-0.4, -0.2) is 12.6 Å². The minimum absolute atomic E-state index is 0.532. The second-order valence-corrected chi connectivity index (χ2v) is 5.26. The van der Waals surface area contributed by atoms with E-state index in [1.807, 2.05) is 0 Å². The van der Waals surface area contributed by atoms with Crippen molar-refractivity contribution in [1.29, 1.82) is 0 Å². The van der Waals surface area contributed by atoms with E-state index in [0.717, 1.165) is 24.8 Å². The Balaban J connectivity index is 1.71. The number of ether oxygens (including phenoxy) is 1. The van der Waals surface area contributed by atoms with Crippen molar-refractivity contribution in [1.82, 2.24) is 5.32 Å². The Morgan fingerprint density at radius 2 is 1.94 bits per heavy atom. The first-order valence-electron chi connectivity index (χ1n) is 6.69. The molecule has 0 saturated heterocycles. The Hall–Kier alpha value is -1.02. The zero-order valence-corrected chi connectivity index (χ0v) is 10.9. The van der Waals surface area contributed by atoms with Crippen LogP contribution in [0, 0.1) is 5.92 Å². The van der Waals surface area contributed by atoms with Gasteiger partial charge in [0.2, 0.25) is 0 Å². The summed E-state index contributed by atoms with van der Waals surface area (Å²) in [6.45, 7) is 6.12. The SMILES string of the molecule is CC(C)NCc1ccc(OCCC2CC2)cc1. The van der Waals surface area contributed by atoms with Crippen LogP contribution in [0.1, 0.15) is 38.7 Å². The van der Waals surface area contributed by atoms with Crippen LogP contribution in [0.4, 0.5) is 0 Å². The third-order valence-electron chi connectivity index (χ3n) is 3.13. The highest BCUT2D eigenvalue weighted by Crippen LogP contribution is 2.32. The van der Waals surface area contributed by atoms with E-state index in [0.29, 0.717) is 6.04 Å². The molecule has 1 aromatic rings. The van der Waals surface area contributed by atoms with Gasteiger partial charge >= 0.3 is 0 Å². The summed E-state index contributed by atoms with van der Waals surface area (Å²) in [5.74, 6) is 1.95. The largest absolute Gasteiger partial charge is 0.494 e. The maximum atomic E-state index is 5.72. The highest BCUT2D eigenvalue weighted by molar-refractivity contribution is 5.27. The molecule has 0 radical (unpaired) electrons. The van der Waals surface area contributed by atoms with Crippen LogP contribution in [0.15, 0.2) is 24.3 Å². The smallest absolute Gasteiger partial charge is 0.119 e. The third kappa shape index (κ3) is 4.78. The maximum Gasteiger partial charge on any atom is 0.119 e. The van der Waals surface area contributed by atoms with Crippen molar-refractivity contribution >= 4 is 0 Å². The summed E-state index contributed by atoms with van der Waals surface area (Å²) in [5, 5.41) is 3.41. The molecule has 2 nitrogen and oxygen atoms in total. The predicted molar refractivity (Wildman–Crippen MR) is 71.3 cm³/mol. The Kier molecular flexibility index (Phi) is 4.43. The monoisotopic (exact) mass is 233 g/mol. The topological polar surface area (TPSA) is 21.3 Å². The van der Waals surface area contributed by atoms with Crippen molar-refractivity contribution in [2.24, 2.45) is 5.92 Å². The van der Waals surface area contributed by atoms with Gasteiger partial charge in [0.1, 0.15) is 5.75 Å². The summed E-state index contributed by atoms with van der Waals surface area (Å²) in [7, 11) is 0. The van der Waals surface area contributed by atoms with Gasteiger partial charge in [0.25, 0.3) is 0 Å². The zero-order valence-electron chi connectivity index (χ0n) is 10.9. The lowest BCUT2D eigenvalue weighted by Gasteiger charge is -2.09. The van der Waals surface area contributed by atoms with E-state index in [1.165, 1.54) is 24.8 Å². The van der Waals surface area contributed by atoms with Crippen LogP contribution in [-0.2, 0) is 6.54 Å². The molecule has 0 bridgehead atoms. The van der Waals surface area contributed by atoms with Crippen molar-refractivity contribution in [2.75, 3.05) is 6.61 Å². The van der Waals surface area contributed by atoms with E-state index >= 15 is 0 Å². The molecular weight excluding hydrogens is 210 g/mol. The number of hydrogen-bond acceptors (Lipinski definition) is 2. The molecule has 0 heterocycles. The highest BCUT2D eigenvalue weighted by atomic mass is 16.5. The molecule has 2 rings (SSSR count). The fourth-order valence-electron chi connectivity index (χ4n) is 1.78. The van der Waals surface area contributed by atoms with E-state index in [1.54, 1.807) is 0 Å². The summed E-state index contributed by atoms with van der Waals surface area (Å²) in [6.07, 6.45) is 4.03. The summed E-state index contributed by atoms with van der Waals surface area (Å²) in [6, 6.07) is 8.96. The van der Waals surface area contributed by atoms with Gasteiger partial charge in [0, 0.05) is 12.6 Å². The minimum Gasteiger partial charge on any atom is -0.494 e. The van der Waals surface area contributed by atoms with Crippen molar-refractivity contribution in [2.45, 2.75) is 45.7 Å². The van der Waals surface area contributed by atoms with E-state index in [2.05, 4.69) is 43.4 Å². The van der Waals surface area contributed by atoms with Crippen molar-refractivity contribution < 1.29 is 4.74 Å². The summed E-state index contributed by atoms with van der Waals surface area (Å²) < 4.78 is 5.72. The lowest BCUT2D eigenvalue weighted by Crippen LogP contribution is -2.21. The number of benzene rings is 1. The molecule has 0 unspecified atom stereocenters. The van der Waals surface area contributed by atoms with Gasteiger partial charge in [-0.15, -0.1) is 0 Å². The van der Waals surface area contributed by atoms with Crippen LogP contribution in [0.25, 0.3) is 0 Å². The van der Waals surface area contributed by atoms with Crippen LogP contribution in [0.3, 0.4) is 0 Å². The van der Waals surface area contributed by atoms with Gasteiger partial charge in [-0.25, -0.2) is 0 Å². The van der Waals surface area contributed by atoms with E-state index < -0.39 is 0 Å². The normalized spacial score (nSPS) is 15.2. The van der Waals surface area contributed by atoms with Gasteiger partial charge in [-0.05, 0) is 30.0 Å². The molecule has 1 aromatic carbocycles. The molecule has 0 spiro atoms. The highest BCUT2D eigenvalue weighted by Gasteiger charge is 2.20. The Morgan fingerprint density at radius 3 is 2.53 bits per heavy atom. The zero-order chi connectivity index (χ0) is 12.1. The first-order valence-corrected chi connectivity index (χ1v) is 6.69. The van der Waals surface area contributed by atoms with Gasteiger partial charge in [-0.3, -0.25) is 0 Å². The van der Waals surface area contributed by atoms with Gasteiger partial charge in [-0.2, -0.15) is 0 Å². The molecule has 2 heteroatoms. The molecule has 1 N–H and O–H groups in total. The standard InChI is InChI=1S/C15H23NO/c1-12(2)16-11-14-5-7-15(8-6-14)17-10-9-13-3-4-13/h5-8,12-13,16H,3-4,9-11H2,1-2H3. The Labute approximate surface area is 104 Å². The van der Waals surface area contributed by atoms with Gasteiger partial charge in [0.15, 0.2) is 0 Å².